The number of nitrogen functional groups attached to an aromatic ring is 1. The molecule has 0 saturated carbocycles. The van der Waals surface area contributed by atoms with Crippen LogP contribution in [0.25, 0.3) is 11.1 Å². The van der Waals surface area contributed by atoms with Crippen LogP contribution in [0.1, 0.15) is 23.8 Å². The number of hydrogen-bond donors (Lipinski definition) is 2. The molecule has 124 valence electrons. The van der Waals surface area contributed by atoms with Crippen molar-refractivity contribution in [1.82, 2.24) is 14.8 Å². The van der Waals surface area contributed by atoms with Crippen molar-refractivity contribution in [3.05, 3.63) is 47.6 Å². The van der Waals surface area contributed by atoms with E-state index in [-0.39, 0.29) is 11.7 Å². The Labute approximate surface area is 143 Å². The van der Waals surface area contributed by atoms with E-state index in [2.05, 4.69) is 22.3 Å². The lowest BCUT2D eigenvalue weighted by Gasteiger charge is -2.07. The predicted octanol–water partition coefficient (Wildman–Crippen LogP) is 3.44. The Bertz CT molecular complexity index is 871. The Morgan fingerprint density at radius 3 is 2.96 bits per heavy atom. The number of hydrogen-bond acceptors (Lipinski definition) is 5. The smallest absolute Gasteiger partial charge is 0.292 e. The van der Waals surface area contributed by atoms with Crippen LogP contribution in [0.5, 0.6) is 0 Å². The van der Waals surface area contributed by atoms with Crippen molar-refractivity contribution in [3.63, 3.8) is 0 Å². The summed E-state index contributed by atoms with van der Waals surface area (Å²) in [5, 5.41) is 7.43. The summed E-state index contributed by atoms with van der Waals surface area (Å²) in [5.74, 6) is -0.448. The van der Waals surface area contributed by atoms with Gasteiger partial charge in [0, 0.05) is 18.3 Å². The van der Waals surface area contributed by atoms with Gasteiger partial charge in [-0.2, -0.15) is 10.1 Å². The summed E-state index contributed by atoms with van der Waals surface area (Å²) >= 11 is 6.17. The second kappa shape index (κ2) is 6.76. The Morgan fingerprint density at radius 2 is 2.25 bits per heavy atom. The lowest BCUT2D eigenvalue weighted by molar-refractivity contribution is 0.102. The van der Waals surface area contributed by atoms with E-state index >= 15 is 0 Å². The average Bonchev–Trinajstić information content (AvgIpc) is 3.19. The van der Waals surface area contributed by atoms with Gasteiger partial charge in [-0.25, -0.2) is 0 Å². The summed E-state index contributed by atoms with van der Waals surface area (Å²) in [6.45, 7) is 2.94. The third kappa shape index (κ3) is 3.41. The van der Waals surface area contributed by atoms with Gasteiger partial charge in [0.1, 0.15) is 6.26 Å². The molecule has 0 bridgehead atoms. The number of oxazole rings is 1. The number of amides is 1. The van der Waals surface area contributed by atoms with Crippen molar-refractivity contribution in [2.75, 3.05) is 11.1 Å². The van der Waals surface area contributed by atoms with E-state index in [1.807, 2.05) is 16.9 Å². The summed E-state index contributed by atoms with van der Waals surface area (Å²) in [6.07, 6.45) is 5.93. The maximum absolute atomic E-state index is 12.2. The maximum Gasteiger partial charge on any atom is 0.292 e. The Morgan fingerprint density at radius 1 is 1.42 bits per heavy atom. The molecule has 8 heteroatoms. The first-order chi connectivity index (χ1) is 11.6. The fraction of sp³-hybridized carbons (Fsp3) is 0.188. The van der Waals surface area contributed by atoms with Crippen molar-refractivity contribution < 1.29 is 9.21 Å². The Hall–Kier alpha value is -2.80. The number of nitrogens with one attached hydrogen (secondary N) is 1. The molecule has 0 saturated heterocycles. The van der Waals surface area contributed by atoms with E-state index in [1.54, 1.807) is 18.3 Å². The number of benzene rings is 1. The SMILES string of the molecule is CCCn1cc(-c2ccc(Cl)c(NC(=O)c3coc(N)n3)c2)cn1. The zero-order valence-electron chi connectivity index (χ0n) is 13.0. The van der Waals surface area contributed by atoms with Gasteiger partial charge < -0.3 is 15.5 Å². The number of aryl methyl sites for hydroxylation is 1. The van der Waals surface area contributed by atoms with Crippen LogP contribution < -0.4 is 11.1 Å². The van der Waals surface area contributed by atoms with E-state index in [0.29, 0.717) is 10.7 Å². The second-order valence-electron chi connectivity index (χ2n) is 5.21. The topological polar surface area (TPSA) is 99.0 Å². The summed E-state index contributed by atoms with van der Waals surface area (Å²) < 4.78 is 6.71. The minimum absolute atomic E-state index is 0.0664. The van der Waals surface area contributed by atoms with Gasteiger partial charge in [0.25, 0.3) is 11.9 Å². The van der Waals surface area contributed by atoms with Crippen LogP contribution in [0, 0.1) is 0 Å². The highest BCUT2D eigenvalue weighted by Crippen LogP contribution is 2.29. The number of nitrogens with zero attached hydrogens (tertiary/aromatic N) is 3. The molecule has 3 aromatic rings. The summed E-state index contributed by atoms with van der Waals surface area (Å²) in [5.41, 5.74) is 7.78. The largest absolute Gasteiger partial charge is 0.431 e. The number of carbonyl (C=O) groups excluding carboxylic acids is 1. The predicted molar refractivity (Wildman–Crippen MR) is 91.8 cm³/mol. The van der Waals surface area contributed by atoms with Gasteiger partial charge in [0.15, 0.2) is 5.69 Å². The van der Waals surface area contributed by atoms with Gasteiger partial charge in [-0.15, -0.1) is 0 Å². The summed E-state index contributed by atoms with van der Waals surface area (Å²) in [7, 11) is 0. The molecule has 3 rings (SSSR count). The highest BCUT2D eigenvalue weighted by molar-refractivity contribution is 6.34. The molecule has 0 aliphatic carbocycles. The fourth-order valence-corrected chi connectivity index (χ4v) is 2.41. The maximum atomic E-state index is 12.2. The Balaban J connectivity index is 1.84. The van der Waals surface area contributed by atoms with Gasteiger partial charge in [-0.3, -0.25) is 9.48 Å². The number of halogens is 1. The monoisotopic (exact) mass is 345 g/mol. The molecule has 0 aliphatic heterocycles. The lowest BCUT2D eigenvalue weighted by atomic mass is 10.1. The third-order valence-electron chi connectivity index (χ3n) is 3.39. The van der Waals surface area contributed by atoms with Crippen LogP contribution in [0.15, 0.2) is 41.3 Å². The number of carbonyl (C=O) groups is 1. The van der Waals surface area contributed by atoms with E-state index in [9.17, 15) is 4.79 Å². The van der Waals surface area contributed by atoms with Crippen LogP contribution in [-0.4, -0.2) is 20.7 Å². The molecule has 1 aromatic carbocycles. The number of aromatic nitrogens is 3. The highest BCUT2D eigenvalue weighted by Gasteiger charge is 2.14. The number of anilines is 2. The summed E-state index contributed by atoms with van der Waals surface area (Å²) in [4.78, 5) is 15.9. The molecule has 0 fully saturated rings. The lowest BCUT2D eigenvalue weighted by Crippen LogP contribution is -2.12. The molecule has 0 unspecified atom stereocenters. The highest BCUT2D eigenvalue weighted by atomic mass is 35.5. The molecule has 1 amide bonds. The van der Waals surface area contributed by atoms with Crippen LogP contribution in [0.4, 0.5) is 11.7 Å². The zero-order chi connectivity index (χ0) is 17.1. The first-order valence-electron chi connectivity index (χ1n) is 7.41. The van der Waals surface area contributed by atoms with Crippen LogP contribution in [0.2, 0.25) is 5.02 Å². The molecule has 2 heterocycles. The minimum atomic E-state index is -0.448. The molecule has 24 heavy (non-hydrogen) atoms. The number of nitrogens with two attached hydrogens (primary N) is 1. The molecular formula is C16H16ClN5O2. The van der Waals surface area contributed by atoms with E-state index in [0.717, 1.165) is 24.1 Å². The quantitative estimate of drug-likeness (QED) is 0.738. The van der Waals surface area contributed by atoms with Crippen molar-refractivity contribution >= 4 is 29.2 Å². The third-order valence-corrected chi connectivity index (χ3v) is 3.72. The first-order valence-corrected chi connectivity index (χ1v) is 7.79. The minimum Gasteiger partial charge on any atom is -0.431 e. The van der Waals surface area contributed by atoms with Gasteiger partial charge in [0.2, 0.25) is 0 Å². The zero-order valence-corrected chi connectivity index (χ0v) is 13.7. The van der Waals surface area contributed by atoms with Gasteiger partial charge in [-0.1, -0.05) is 24.6 Å². The fourth-order valence-electron chi connectivity index (χ4n) is 2.24. The molecule has 0 atom stereocenters. The van der Waals surface area contributed by atoms with Crippen molar-refractivity contribution in [1.29, 1.82) is 0 Å². The van der Waals surface area contributed by atoms with Crippen LogP contribution >= 0.6 is 11.6 Å². The molecular weight excluding hydrogens is 330 g/mol. The second-order valence-corrected chi connectivity index (χ2v) is 5.62. The van der Waals surface area contributed by atoms with E-state index < -0.39 is 5.91 Å². The normalized spacial score (nSPS) is 10.8. The summed E-state index contributed by atoms with van der Waals surface area (Å²) in [6, 6.07) is 5.32. The number of rotatable bonds is 5. The molecule has 0 spiro atoms. The van der Waals surface area contributed by atoms with Crippen LogP contribution in [-0.2, 0) is 6.54 Å². The van der Waals surface area contributed by atoms with E-state index in [1.165, 1.54) is 6.26 Å². The standard InChI is InChI=1S/C16H16ClN5O2/c1-2-5-22-8-11(7-19-22)10-3-4-12(17)13(6-10)20-15(23)14-9-24-16(18)21-14/h3-4,6-9H,2,5H2,1H3,(H2,18,21)(H,20,23). The van der Waals surface area contributed by atoms with Crippen LogP contribution in [0.3, 0.4) is 0 Å². The van der Waals surface area contributed by atoms with Gasteiger partial charge in [0.05, 0.1) is 16.9 Å². The van der Waals surface area contributed by atoms with E-state index in [4.69, 9.17) is 21.8 Å². The van der Waals surface area contributed by atoms with Gasteiger partial charge in [-0.05, 0) is 24.1 Å². The van der Waals surface area contributed by atoms with Crippen molar-refractivity contribution in [2.45, 2.75) is 19.9 Å². The first kappa shape index (κ1) is 16.1. The van der Waals surface area contributed by atoms with Crippen molar-refractivity contribution in [2.24, 2.45) is 0 Å². The molecule has 2 aromatic heterocycles. The molecule has 7 nitrogen and oxygen atoms in total. The average molecular weight is 346 g/mol. The van der Waals surface area contributed by atoms with Gasteiger partial charge >= 0.3 is 0 Å². The molecule has 0 aliphatic rings. The molecule has 0 radical (unpaired) electrons. The molecule has 3 N–H and O–H groups in total. The Kier molecular flexibility index (Phi) is 4.52. The van der Waals surface area contributed by atoms with Crippen molar-refractivity contribution in [3.8, 4) is 11.1 Å².